The zero-order valence-electron chi connectivity index (χ0n) is 24.0. The number of aliphatic hydroxyl groups is 1. The Morgan fingerprint density at radius 1 is 0.833 bits per heavy atom. The third kappa shape index (κ3) is 6.96. The van der Waals surface area contributed by atoms with Gasteiger partial charge in [-0.25, -0.2) is 13.1 Å². The van der Waals surface area contributed by atoms with Gasteiger partial charge in [0.1, 0.15) is 0 Å². The Bertz CT molecular complexity index is 1500. The highest BCUT2D eigenvalue weighted by Crippen LogP contribution is 2.38. The number of nitrogens with zero attached hydrogens (tertiary/aromatic N) is 1. The molecule has 2 N–H and O–H groups in total. The summed E-state index contributed by atoms with van der Waals surface area (Å²) in [6, 6.07) is 34.9. The van der Waals surface area contributed by atoms with E-state index in [1.165, 1.54) is 0 Å². The van der Waals surface area contributed by atoms with E-state index in [9.17, 15) is 13.5 Å². The minimum absolute atomic E-state index is 0.244. The van der Waals surface area contributed by atoms with Crippen LogP contribution in [-0.2, 0) is 21.0 Å². The van der Waals surface area contributed by atoms with Gasteiger partial charge in [-0.1, -0.05) is 102 Å². The molecule has 0 saturated carbocycles. The van der Waals surface area contributed by atoms with Crippen LogP contribution in [0.2, 0.25) is 5.02 Å². The topological polar surface area (TPSA) is 69.6 Å². The Morgan fingerprint density at radius 2 is 1.38 bits per heavy atom. The minimum Gasteiger partial charge on any atom is -0.385 e. The molecule has 1 aliphatic rings. The number of rotatable bonds is 11. The Morgan fingerprint density at radius 3 is 1.93 bits per heavy atom. The Labute approximate surface area is 255 Å². The molecule has 0 aromatic heterocycles. The standard InChI is InChI=1S/C35H39ClN2O3S/c1-28-13-19-33(20-14-28)42(40,41)37-27-34(29-9-4-2-5-10-29,30-11-6-3-7-12-30)21-8-24-38-25-22-35(39,23-26-38)31-15-17-32(36)18-16-31/h2-7,9-20,37,39H,8,21-27H2,1H3. The SMILES string of the molecule is Cc1ccc(S(=O)(=O)NCC(CCCN2CCC(O)(c3ccc(Cl)cc3)CC2)(c2ccccc2)c2ccccc2)cc1. The molecule has 220 valence electrons. The summed E-state index contributed by atoms with van der Waals surface area (Å²) in [6.45, 7) is 4.64. The fraction of sp³-hybridized carbons (Fsp3) is 0.314. The van der Waals surface area contributed by atoms with Crippen molar-refractivity contribution < 1.29 is 13.5 Å². The minimum atomic E-state index is -3.71. The van der Waals surface area contributed by atoms with E-state index < -0.39 is 21.0 Å². The highest BCUT2D eigenvalue weighted by Gasteiger charge is 2.37. The lowest BCUT2D eigenvalue weighted by Crippen LogP contribution is -2.44. The fourth-order valence-corrected chi connectivity index (χ4v) is 7.30. The molecule has 5 rings (SSSR count). The molecule has 0 radical (unpaired) electrons. The summed E-state index contributed by atoms with van der Waals surface area (Å²) in [5.41, 5.74) is 2.70. The van der Waals surface area contributed by atoms with Crippen LogP contribution in [0.5, 0.6) is 0 Å². The first kappa shape index (κ1) is 30.5. The zero-order valence-corrected chi connectivity index (χ0v) is 25.6. The van der Waals surface area contributed by atoms with Gasteiger partial charge in [0.15, 0.2) is 0 Å². The van der Waals surface area contributed by atoms with Crippen molar-refractivity contribution >= 4 is 21.6 Å². The Kier molecular flexibility index (Phi) is 9.50. The Hall–Kier alpha value is -3.00. The molecule has 0 spiro atoms. The van der Waals surface area contributed by atoms with Crippen LogP contribution in [0, 0.1) is 6.92 Å². The number of halogens is 1. The van der Waals surface area contributed by atoms with Crippen molar-refractivity contribution in [1.82, 2.24) is 9.62 Å². The van der Waals surface area contributed by atoms with Gasteiger partial charge < -0.3 is 10.0 Å². The molecule has 42 heavy (non-hydrogen) atoms. The molecule has 0 atom stereocenters. The first-order chi connectivity index (χ1) is 20.2. The molecular weight excluding hydrogens is 564 g/mol. The summed E-state index contributed by atoms with van der Waals surface area (Å²) in [6.07, 6.45) is 2.95. The molecule has 1 fully saturated rings. The van der Waals surface area contributed by atoms with Crippen LogP contribution in [-0.4, -0.2) is 44.6 Å². The second-order valence-corrected chi connectivity index (χ2v) is 13.6. The molecule has 5 nitrogen and oxygen atoms in total. The molecule has 4 aromatic carbocycles. The van der Waals surface area contributed by atoms with E-state index in [1.807, 2.05) is 79.7 Å². The predicted octanol–water partition coefficient (Wildman–Crippen LogP) is 6.68. The molecule has 0 aliphatic carbocycles. The third-order valence-corrected chi connectivity index (χ3v) is 10.4. The highest BCUT2D eigenvalue weighted by molar-refractivity contribution is 7.89. The van der Waals surface area contributed by atoms with Gasteiger partial charge in [-0.3, -0.25) is 0 Å². The summed E-state index contributed by atoms with van der Waals surface area (Å²) in [5.74, 6) is 0. The Balaban J connectivity index is 1.34. The van der Waals surface area contributed by atoms with Crippen LogP contribution in [0.25, 0.3) is 0 Å². The van der Waals surface area contributed by atoms with Crippen LogP contribution in [0.4, 0.5) is 0 Å². The van der Waals surface area contributed by atoms with E-state index in [2.05, 4.69) is 33.9 Å². The van der Waals surface area contributed by atoms with Crippen LogP contribution < -0.4 is 4.72 Å². The number of likely N-dealkylation sites (tertiary alicyclic amines) is 1. The van der Waals surface area contributed by atoms with E-state index in [1.54, 1.807) is 12.1 Å². The van der Waals surface area contributed by atoms with Crippen LogP contribution in [0.1, 0.15) is 47.9 Å². The van der Waals surface area contributed by atoms with E-state index in [-0.39, 0.29) is 11.4 Å². The van der Waals surface area contributed by atoms with Crippen LogP contribution >= 0.6 is 11.6 Å². The highest BCUT2D eigenvalue weighted by atomic mass is 35.5. The van der Waals surface area contributed by atoms with Crippen molar-refractivity contribution in [3.8, 4) is 0 Å². The largest absolute Gasteiger partial charge is 0.385 e. The molecule has 0 unspecified atom stereocenters. The van der Waals surface area contributed by atoms with Gasteiger partial charge in [-0.15, -0.1) is 0 Å². The fourth-order valence-electron chi connectivity index (χ4n) is 6.08. The summed E-state index contributed by atoms with van der Waals surface area (Å²) in [4.78, 5) is 2.67. The summed E-state index contributed by atoms with van der Waals surface area (Å²) in [7, 11) is -3.71. The monoisotopic (exact) mass is 602 g/mol. The van der Waals surface area contributed by atoms with E-state index >= 15 is 0 Å². The first-order valence-electron chi connectivity index (χ1n) is 14.6. The second-order valence-electron chi connectivity index (χ2n) is 11.4. The number of benzene rings is 4. The third-order valence-electron chi connectivity index (χ3n) is 8.69. The lowest BCUT2D eigenvalue weighted by atomic mass is 9.71. The van der Waals surface area contributed by atoms with Crippen molar-refractivity contribution in [2.24, 2.45) is 0 Å². The maximum atomic E-state index is 13.4. The number of hydrogen-bond acceptors (Lipinski definition) is 4. The molecule has 0 amide bonds. The number of piperidine rings is 1. The van der Waals surface area contributed by atoms with E-state index in [0.717, 1.165) is 54.7 Å². The van der Waals surface area contributed by atoms with Gasteiger partial charge in [0.05, 0.1) is 10.5 Å². The lowest BCUT2D eigenvalue weighted by Gasteiger charge is -2.40. The smallest absolute Gasteiger partial charge is 0.240 e. The van der Waals surface area contributed by atoms with Crippen molar-refractivity contribution in [2.75, 3.05) is 26.2 Å². The maximum absolute atomic E-state index is 13.4. The molecular formula is C35H39ClN2O3S. The summed E-state index contributed by atoms with van der Waals surface area (Å²) >= 11 is 6.06. The van der Waals surface area contributed by atoms with Gasteiger partial charge in [-0.2, -0.15) is 0 Å². The van der Waals surface area contributed by atoms with Crippen LogP contribution in [0.3, 0.4) is 0 Å². The van der Waals surface area contributed by atoms with E-state index in [4.69, 9.17) is 11.6 Å². The second kappa shape index (κ2) is 13.1. The van der Waals surface area contributed by atoms with E-state index in [0.29, 0.717) is 17.9 Å². The summed E-state index contributed by atoms with van der Waals surface area (Å²) in [5, 5.41) is 12.0. The van der Waals surface area contributed by atoms with Gasteiger partial charge in [-0.05, 0) is 80.1 Å². The molecule has 1 saturated heterocycles. The quantitative estimate of drug-likeness (QED) is 0.201. The van der Waals surface area contributed by atoms with Gasteiger partial charge >= 0.3 is 0 Å². The number of hydrogen-bond donors (Lipinski definition) is 2. The van der Waals surface area contributed by atoms with Crippen molar-refractivity contribution in [3.05, 3.63) is 136 Å². The predicted molar refractivity (Wildman–Crippen MR) is 170 cm³/mol. The van der Waals surface area contributed by atoms with Crippen LogP contribution in [0.15, 0.2) is 114 Å². The first-order valence-corrected chi connectivity index (χ1v) is 16.4. The molecule has 0 bridgehead atoms. The zero-order chi connectivity index (χ0) is 29.6. The number of sulfonamides is 1. The number of nitrogens with one attached hydrogen (secondary N) is 1. The average molecular weight is 603 g/mol. The van der Waals surface area contributed by atoms with Gasteiger partial charge in [0, 0.05) is 30.1 Å². The summed E-state index contributed by atoms with van der Waals surface area (Å²) < 4.78 is 29.8. The number of aryl methyl sites for hydroxylation is 1. The van der Waals surface area contributed by atoms with Crippen molar-refractivity contribution in [2.45, 2.75) is 48.5 Å². The lowest BCUT2D eigenvalue weighted by molar-refractivity contribution is -0.0262. The van der Waals surface area contributed by atoms with Crippen molar-refractivity contribution in [1.29, 1.82) is 0 Å². The van der Waals surface area contributed by atoms with Gasteiger partial charge in [0.25, 0.3) is 0 Å². The molecule has 1 heterocycles. The van der Waals surface area contributed by atoms with Crippen molar-refractivity contribution in [3.63, 3.8) is 0 Å². The van der Waals surface area contributed by atoms with Gasteiger partial charge in [0.2, 0.25) is 10.0 Å². The molecule has 1 aliphatic heterocycles. The normalized spacial score (nSPS) is 15.9. The molecule has 4 aromatic rings. The molecule has 7 heteroatoms. The maximum Gasteiger partial charge on any atom is 0.240 e. The average Bonchev–Trinajstić information content (AvgIpc) is 3.01.